The van der Waals surface area contributed by atoms with Crippen LogP contribution in [0.3, 0.4) is 0 Å². The summed E-state index contributed by atoms with van der Waals surface area (Å²) in [5.74, 6) is 0.585. The number of thiophene rings is 1. The van der Waals surface area contributed by atoms with Crippen LogP contribution in [0.1, 0.15) is 16.7 Å². The summed E-state index contributed by atoms with van der Waals surface area (Å²) < 4.78 is 8.49. The molecule has 0 saturated carbocycles. The van der Waals surface area contributed by atoms with Crippen LogP contribution in [-0.4, -0.2) is 17.9 Å². The Morgan fingerprint density at radius 1 is 0.482 bits per heavy atom. The first-order valence-corrected chi connectivity index (χ1v) is 19.4. The summed E-state index contributed by atoms with van der Waals surface area (Å²) in [5, 5.41) is 13.7. The van der Waals surface area contributed by atoms with Gasteiger partial charge in [0.05, 0.1) is 0 Å². The Morgan fingerprint density at radius 2 is 1.07 bits per heavy atom. The van der Waals surface area contributed by atoms with Crippen LogP contribution < -0.4 is 0 Å². The number of fused-ring (bicyclic) bond motifs is 6. The molecule has 264 valence electrons. The monoisotopic (exact) mass is 735 g/mol. The van der Waals surface area contributed by atoms with Crippen molar-refractivity contribution in [1.82, 2.24) is 0 Å². The molecule has 0 unspecified atom stereocenters. The van der Waals surface area contributed by atoms with Crippen LogP contribution in [0.25, 0.3) is 75.5 Å². The van der Waals surface area contributed by atoms with Gasteiger partial charge in [0.2, 0.25) is 0 Å². The van der Waals surface area contributed by atoms with Gasteiger partial charge < -0.3 is 4.42 Å². The van der Waals surface area contributed by atoms with Crippen molar-refractivity contribution >= 4 is 71.3 Å². The molecule has 56 heavy (non-hydrogen) atoms. The van der Waals surface area contributed by atoms with Crippen molar-refractivity contribution in [1.29, 1.82) is 5.41 Å². The van der Waals surface area contributed by atoms with E-state index in [2.05, 4.69) is 133 Å². The molecule has 0 aliphatic heterocycles. The van der Waals surface area contributed by atoms with Gasteiger partial charge in [-0.2, -0.15) is 0 Å². The lowest BCUT2D eigenvalue weighted by atomic mass is 9.96. The lowest BCUT2D eigenvalue weighted by Crippen LogP contribution is -2.05. The smallest absolute Gasteiger partial charge is 0.161 e. The normalized spacial score (nSPS) is 12.0. The third-order valence-corrected chi connectivity index (χ3v) is 11.5. The first kappa shape index (κ1) is 33.4. The minimum absolute atomic E-state index is 0.154. The second-order valence-corrected chi connectivity index (χ2v) is 14.8. The molecular formula is C51H33N3OS. The predicted octanol–water partition coefficient (Wildman–Crippen LogP) is 13.8. The Bertz CT molecular complexity index is 3170. The van der Waals surface area contributed by atoms with Crippen molar-refractivity contribution in [3.63, 3.8) is 0 Å². The fourth-order valence-corrected chi connectivity index (χ4v) is 8.67. The van der Waals surface area contributed by atoms with E-state index in [0.29, 0.717) is 5.84 Å². The molecule has 0 amide bonds. The summed E-state index contributed by atoms with van der Waals surface area (Å²) in [6.07, 6.45) is 1.84. The van der Waals surface area contributed by atoms with E-state index in [1.54, 1.807) is 11.3 Å². The van der Waals surface area contributed by atoms with E-state index in [0.717, 1.165) is 65.4 Å². The Kier molecular flexibility index (Phi) is 8.47. The van der Waals surface area contributed by atoms with Crippen molar-refractivity contribution in [2.24, 2.45) is 9.98 Å². The first-order chi connectivity index (χ1) is 27.6. The topological polar surface area (TPSA) is 61.7 Å². The van der Waals surface area contributed by atoms with Crippen LogP contribution in [0.2, 0.25) is 0 Å². The number of nitrogens with zero attached hydrogens (tertiary/aromatic N) is 2. The highest BCUT2D eigenvalue weighted by molar-refractivity contribution is 7.26. The molecular weight excluding hydrogens is 703 g/mol. The van der Waals surface area contributed by atoms with Gasteiger partial charge in [0.15, 0.2) is 11.7 Å². The number of hydrogen-bond acceptors (Lipinski definition) is 3. The second kappa shape index (κ2) is 14.2. The van der Waals surface area contributed by atoms with Gasteiger partial charge in [-0.25, -0.2) is 9.98 Å². The van der Waals surface area contributed by atoms with Crippen molar-refractivity contribution in [2.75, 3.05) is 0 Å². The Morgan fingerprint density at radius 3 is 1.86 bits per heavy atom. The standard InChI is InChI=1S/C51H33N3OS/c52-50(45-23-11-22-44-43-21-5-7-25-48(43)56-49(44)45)54-51(40-26-27-42-41-20-4-6-24-46(41)55-47(42)31-40)53-32-33-12-8-15-35(28-33)37-17-10-19-39(30-37)38-18-9-16-36(29-38)34-13-2-1-3-14-34/h1-32,52H. The molecule has 0 radical (unpaired) electrons. The fourth-order valence-electron chi connectivity index (χ4n) is 7.45. The highest BCUT2D eigenvalue weighted by atomic mass is 32.1. The lowest BCUT2D eigenvalue weighted by molar-refractivity contribution is 0.669. The van der Waals surface area contributed by atoms with E-state index < -0.39 is 0 Å². The van der Waals surface area contributed by atoms with E-state index in [1.165, 1.54) is 26.8 Å². The number of furan rings is 1. The SMILES string of the molecule is N=C(N=C(N=Cc1cccc(-c2cccc(-c3cccc(-c4ccccc4)c3)c2)c1)c1ccc2c(c1)oc1ccccc12)c1cccc2c1sc1ccccc12. The van der Waals surface area contributed by atoms with Crippen LogP contribution in [-0.2, 0) is 0 Å². The number of amidine groups is 2. The van der Waals surface area contributed by atoms with Crippen LogP contribution in [0, 0.1) is 5.41 Å². The summed E-state index contributed by atoms with van der Waals surface area (Å²) in [5.41, 5.74) is 11.0. The highest BCUT2D eigenvalue weighted by Gasteiger charge is 2.15. The van der Waals surface area contributed by atoms with Crippen LogP contribution in [0.15, 0.2) is 202 Å². The van der Waals surface area contributed by atoms with E-state index in [9.17, 15) is 5.41 Å². The largest absolute Gasteiger partial charge is 0.456 e. The number of benzene rings is 8. The molecule has 4 nitrogen and oxygen atoms in total. The van der Waals surface area contributed by atoms with Crippen molar-refractivity contribution < 1.29 is 4.42 Å². The molecule has 0 fully saturated rings. The summed E-state index contributed by atoms with van der Waals surface area (Å²) in [6.45, 7) is 0. The zero-order chi connectivity index (χ0) is 37.4. The van der Waals surface area contributed by atoms with Crippen LogP contribution >= 0.6 is 11.3 Å². The summed E-state index contributed by atoms with van der Waals surface area (Å²) >= 11 is 1.69. The van der Waals surface area contributed by atoms with E-state index in [-0.39, 0.29) is 5.84 Å². The maximum atomic E-state index is 9.32. The van der Waals surface area contributed by atoms with E-state index >= 15 is 0 Å². The average Bonchev–Trinajstić information content (AvgIpc) is 3.84. The maximum absolute atomic E-state index is 9.32. The minimum atomic E-state index is 0.154. The predicted molar refractivity (Wildman–Crippen MR) is 237 cm³/mol. The zero-order valence-electron chi connectivity index (χ0n) is 30.2. The summed E-state index contributed by atoms with van der Waals surface area (Å²) in [4.78, 5) is 9.93. The molecule has 10 rings (SSSR count). The minimum Gasteiger partial charge on any atom is -0.456 e. The maximum Gasteiger partial charge on any atom is 0.161 e. The fraction of sp³-hybridized carbons (Fsp3) is 0. The molecule has 8 aromatic carbocycles. The van der Waals surface area contributed by atoms with Gasteiger partial charge in [-0.15, -0.1) is 11.3 Å². The van der Waals surface area contributed by atoms with Crippen molar-refractivity contribution in [3.05, 3.63) is 205 Å². The number of aliphatic imine (C=N–C) groups is 2. The van der Waals surface area contributed by atoms with Gasteiger partial charge in [-0.05, 0) is 87.5 Å². The Labute approximate surface area is 327 Å². The van der Waals surface area contributed by atoms with Gasteiger partial charge in [0.1, 0.15) is 11.2 Å². The number of hydrogen-bond donors (Lipinski definition) is 1. The van der Waals surface area contributed by atoms with Gasteiger partial charge >= 0.3 is 0 Å². The number of para-hydroxylation sites is 1. The Balaban J connectivity index is 1.02. The molecule has 5 heteroatoms. The van der Waals surface area contributed by atoms with E-state index in [4.69, 9.17) is 14.4 Å². The molecule has 0 saturated heterocycles. The number of rotatable bonds is 6. The molecule has 0 bridgehead atoms. The van der Waals surface area contributed by atoms with E-state index in [1.807, 2.05) is 60.8 Å². The molecule has 0 aliphatic rings. The van der Waals surface area contributed by atoms with Gasteiger partial charge in [0.25, 0.3) is 0 Å². The molecule has 0 aliphatic carbocycles. The zero-order valence-corrected chi connectivity index (χ0v) is 31.0. The van der Waals surface area contributed by atoms with Gasteiger partial charge in [0, 0.05) is 48.3 Å². The second-order valence-electron chi connectivity index (χ2n) is 13.8. The molecule has 2 heterocycles. The molecule has 0 atom stereocenters. The van der Waals surface area contributed by atoms with Gasteiger partial charge in [-0.3, -0.25) is 5.41 Å². The molecule has 0 spiro atoms. The molecule has 10 aromatic rings. The lowest BCUT2D eigenvalue weighted by Gasteiger charge is -2.09. The molecule has 2 aromatic heterocycles. The average molecular weight is 736 g/mol. The van der Waals surface area contributed by atoms with Crippen LogP contribution in [0.5, 0.6) is 0 Å². The third kappa shape index (κ3) is 6.30. The van der Waals surface area contributed by atoms with Gasteiger partial charge in [-0.1, -0.05) is 140 Å². The quantitative estimate of drug-likeness (QED) is 0.134. The summed E-state index contributed by atoms with van der Waals surface area (Å²) in [7, 11) is 0. The third-order valence-electron chi connectivity index (χ3n) is 10.2. The van der Waals surface area contributed by atoms with Crippen LogP contribution in [0.4, 0.5) is 0 Å². The van der Waals surface area contributed by atoms with Crippen molar-refractivity contribution in [3.8, 4) is 33.4 Å². The van der Waals surface area contributed by atoms with Crippen molar-refractivity contribution in [2.45, 2.75) is 0 Å². The number of nitrogens with one attached hydrogen (secondary N) is 1. The summed E-state index contributed by atoms with van der Waals surface area (Å²) in [6, 6.07) is 64.8. The first-order valence-electron chi connectivity index (χ1n) is 18.5. The highest BCUT2D eigenvalue weighted by Crippen LogP contribution is 2.36. The molecule has 1 N–H and O–H groups in total. The Hall–Kier alpha value is -7.21.